The molecule has 0 spiro atoms. The summed E-state index contributed by atoms with van der Waals surface area (Å²) in [6, 6.07) is 0. The van der Waals surface area contributed by atoms with Crippen molar-refractivity contribution < 1.29 is 9.84 Å². The first-order valence-corrected chi connectivity index (χ1v) is 4.77. The molecule has 0 saturated heterocycles. The maximum Gasteiger partial charge on any atom is 0.0991 e. The zero-order chi connectivity index (χ0) is 12.1. The predicted octanol–water partition coefficient (Wildman–Crippen LogP) is 1.14. The average Bonchev–Trinajstić information content (AvgIpc) is 2.32. The fourth-order valence-corrected chi connectivity index (χ4v) is 0.671. The molecule has 0 aromatic carbocycles. The molecule has 1 unspecified atom stereocenters. The van der Waals surface area contributed by atoms with Crippen molar-refractivity contribution in [1.82, 2.24) is 0 Å². The second-order valence-corrected chi connectivity index (χ2v) is 2.60. The summed E-state index contributed by atoms with van der Waals surface area (Å²) in [5.41, 5.74) is 0. The molecule has 0 bridgehead atoms. The van der Waals surface area contributed by atoms with Gasteiger partial charge in [-0.2, -0.15) is 0 Å². The zero-order valence-corrected chi connectivity index (χ0v) is 9.45. The number of allylic oxidation sites excluding steroid dienone is 3. The summed E-state index contributed by atoms with van der Waals surface area (Å²) < 4.78 is 4.90. The number of aliphatic hydroxyl groups is 1. The highest BCUT2D eigenvalue weighted by Gasteiger charge is 1.96. The van der Waals surface area contributed by atoms with E-state index in [0.29, 0.717) is 0 Å². The fourth-order valence-electron chi connectivity index (χ4n) is 0.671. The summed E-state index contributed by atoms with van der Waals surface area (Å²) in [6.07, 6.45) is 6.50. The Morgan fingerprint density at radius 3 is 2.25 bits per heavy atom. The Morgan fingerprint density at radius 2 is 1.75 bits per heavy atom. The van der Waals surface area contributed by atoms with Crippen LogP contribution in [0.1, 0.15) is 6.92 Å². The Hall–Kier alpha value is -1.92. The Kier molecular flexibility index (Phi) is 9.82. The molecule has 2 nitrogen and oxygen atoms in total. The van der Waals surface area contributed by atoms with Crippen LogP contribution < -0.4 is 0 Å². The molecule has 0 heterocycles. The maximum atomic E-state index is 8.77. The van der Waals surface area contributed by atoms with E-state index in [1.165, 1.54) is 7.11 Å². The second kappa shape index (κ2) is 11.2. The highest BCUT2D eigenvalue weighted by atomic mass is 16.5. The van der Waals surface area contributed by atoms with E-state index in [1.807, 2.05) is 13.0 Å². The van der Waals surface area contributed by atoms with Gasteiger partial charge in [-0.05, 0) is 48.8 Å². The zero-order valence-electron chi connectivity index (χ0n) is 9.45. The minimum atomic E-state index is -0.309. The molecule has 0 aliphatic heterocycles. The van der Waals surface area contributed by atoms with Crippen LogP contribution in [0, 0.1) is 35.5 Å². The third kappa shape index (κ3) is 8.67. The van der Waals surface area contributed by atoms with Gasteiger partial charge >= 0.3 is 0 Å². The van der Waals surface area contributed by atoms with E-state index in [0.717, 1.165) is 0 Å². The molecule has 0 aliphatic carbocycles. The molecule has 0 rings (SSSR count). The molecule has 0 radical (unpaired) electrons. The molecular formula is C14H14O2. The minimum Gasteiger partial charge on any atom is -0.393 e. The van der Waals surface area contributed by atoms with Crippen LogP contribution in [0.3, 0.4) is 0 Å². The van der Waals surface area contributed by atoms with Gasteiger partial charge in [0.25, 0.3) is 0 Å². The van der Waals surface area contributed by atoms with Crippen molar-refractivity contribution in [3.05, 3.63) is 24.3 Å². The number of methoxy groups -OCH3 is 1. The lowest BCUT2D eigenvalue weighted by Crippen LogP contribution is -2.11. The molecule has 0 saturated carbocycles. The molecule has 2 heteroatoms. The number of hydrogen-bond acceptors (Lipinski definition) is 2. The van der Waals surface area contributed by atoms with Gasteiger partial charge in [-0.25, -0.2) is 0 Å². The molecule has 0 amide bonds. The number of rotatable bonds is 3. The van der Waals surface area contributed by atoms with Crippen LogP contribution in [0.25, 0.3) is 0 Å². The highest BCUT2D eigenvalue weighted by molar-refractivity contribution is 5.39. The third-order valence-corrected chi connectivity index (χ3v) is 1.46. The molecule has 0 aromatic heterocycles. The van der Waals surface area contributed by atoms with Crippen molar-refractivity contribution in [2.45, 2.75) is 13.0 Å². The van der Waals surface area contributed by atoms with Gasteiger partial charge < -0.3 is 9.84 Å². The van der Waals surface area contributed by atoms with E-state index in [2.05, 4.69) is 35.5 Å². The van der Waals surface area contributed by atoms with Gasteiger partial charge in [-0.3, -0.25) is 0 Å². The molecule has 0 aromatic rings. The molecular weight excluding hydrogens is 200 g/mol. The van der Waals surface area contributed by atoms with Crippen LogP contribution in [0.15, 0.2) is 24.3 Å². The van der Waals surface area contributed by atoms with Gasteiger partial charge in [0.15, 0.2) is 0 Å². The van der Waals surface area contributed by atoms with Crippen LogP contribution in [0.5, 0.6) is 0 Å². The monoisotopic (exact) mass is 214 g/mol. The van der Waals surface area contributed by atoms with Crippen molar-refractivity contribution in [1.29, 1.82) is 0 Å². The molecule has 0 fully saturated rings. The van der Waals surface area contributed by atoms with Crippen LogP contribution in [0.4, 0.5) is 0 Å². The molecule has 0 aliphatic rings. The van der Waals surface area contributed by atoms with Gasteiger partial charge in [0.2, 0.25) is 0 Å². The van der Waals surface area contributed by atoms with Gasteiger partial charge in [0.1, 0.15) is 0 Å². The third-order valence-electron chi connectivity index (χ3n) is 1.46. The van der Waals surface area contributed by atoms with E-state index < -0.39 is 0 Å². The Balaban J connectivity index is 4.09. The summed E-state index contributed by atoms with van der Waals surface area (Å²) in [5, 5.41) is 8.77. The quantitative estimate of drug-likeness (QED) is 0.714. The smallest absolute Gasteiger partial charge is 0.0991 e. The summed E-state index contributed by atoms with van der Waals surface area (Å²) >= 11 is 0. The van der Waals surface area contributed by atoms with Crippen molar-refractivity contribution in [3.8, 4) is 35.5 Å². The second-order valence-electron chi connectivity index (χ2n) is 2.60. The normalized spacial score (nSPS) is 10.9. The van der Waals surface area contributed by atoms with Gasteiger partial charge in [-0.15, -0.1) is 0 Å². The first kappa shape index (κ1) is 14.1. The van der Waals surface area contributed by atoms with Gasteiger partial charge in [0.05, 0.1) is 12.7 Å². The van der Waals surface area contributed by atoms with E-state index in [-0.39, 0.29) is 12.7 Å². The van der Waals surface area contributed by atoms with E-state index in [1.54, 1.807) is 18.2 Å². The van der Waals surface area contributed by atoms with Crippen LogP contribution >= 0.6 is 0 Å². The number of aliphatic hydroxyl groups excluding tert-OH is 1. The number of ether oxygens (including phenoxy) is 1. The molecule has 1 N–H and O–H groups in total. The van der Waals surface area contributed by atoms with Crippen LogP contribution in [0.2, 0.25) is 0 Å². The van der Waals surface area contributed by atoms with Crippen molar-refractivity contribution in [2.75, 3.05) is 13.7 Å². The summed E-state index contributed by atoms with van der Waals surface area (Å²) in [7, 11) is 1.52. The topological polar surface area (TPSA) is 29.5 Å². The molecule has 1 atom stereocenters. The predicted molar refractivity (Wildman–Crippen MR) is 65.2 cm³/mol. The summed E-state index contributed by atoms with van der Waals surface area (Å²) in [6.45, 7) is 1.83. The lowest BCUT2D eigenvalue weighted by molar-refractivity contribution is 0.0820. The van der Waals surface area contributed by atoms with Gasteiger partial charge in [0, 0.05) is 7.11 Å². The SMILES string of the molecule is CC=CC#CC#CC#CC=CC(CO)OC. The Bertz CT molecular complexity index is 407. The van der Waals surface area contributed by atoms with E-state index >= 15 is 0 Å². The summed E-state index contributed by atoms with van der Waals surface area (Å²) in [4.78, 5) is 0. The lowest BCUT2D eigenvalue weighted by atomic mass is 10.3. The van der Waals surface area contributed by atoms with E-state index in [4.69, 9.17) is 9.84 Å². The Morgan fingerprint density at radius 1 is 1.12 bits per heavy atom. The van der Waals surface area contributed by atoms with Crippen LogP contribution in [-0.2, 0) is 4.74 Å². The van der Waals surface area contributed by atoms with Crippen molar-refractivity contribution >= 4 is 0 Å². The molecule has 82 valence electrons. The summed E-state index contributed by atoms with van der Waals surface area (Å²) in [5.74, 6) is 15.8. The number of hydrogen-bond donors (Lipinski definition) is 1. The van der Waals surface area contributed by atoms with Crippen molar-refractivity contribution in [3.63, 3.8) is 0 Å². The fraction of sp³-hybridized carbons (Fsp3) is 0.286. The first-order chi connectivity index (χ1) is 7.85. The average molecular weight is 214 g/mol. The van der Waals surface area contributed by atoms with E-state index in [9.17, 15) is 0 Å². The molecule has 16 heavy (non-hydrogen) atoms. The highest BCUT2D eigenvalue weighted by Crippen LogP contribution is 1.88. The standard InChI is InChI=1S/C14H14O2/c1-3-4-5-6-7-8-9-10-11-12-14(13-15)16-2/h3-4,11-12,14-15H,13H2,1-2H3. The van der Waals surface area contributed by atoms with Crippen LogP contribution in [-0.4, -0.2) is 24.9 Å². The van der Waals surface area contributed by atoms with Crippen molar-refractivity contribution in [2.24, 2.45) is 0 Å². The first-order valence-electron chi connectivity index (χ1n) is 4.77. The largest absolute Gasteiger partial charge is 0.393 e. The minimum absolute atomic E-state index is 0.0603. The van der Waals surface area contributed by atoms with Gasteiger partial charge in [-0.1, -0.05) is 17.9 Å². The lowest BCUT2D eigenvalue weighted by Gasteiger charge is -2.03. The maximum absolute atomic E-state index is 8.77. The Labute approximate surface area is 97.0 Å².